The summed E-state index contributed by atoms with van der Waals surface area (Å²) in [6.07, 6.45) is 5.09. The highest BCUT2D eigenvalue weighted by atomic mass is 15.2. The normalized spacial score (nSPS) is 21.2. The Morgan fingerprint density at radius 2 is 2.00 bits per heavy atom. The van der Waals surface area contributed by atoms with Gasteiger partial charge in [0.25, 0.3) is 0 Å². The van der Waals surface area contributed by atoms with E-state index in [1.54, 1.807) is 0 Å². The molecule has 14 heavy (non-hydrogen) atoms. The highest BCUT2D eigenvalue weighted by molar-refractivity contribution is 4.99. The van der Waals surface area contributed by atoms with Crippen molar-refractivity contribution < 1.29 is 0 Å². The lowest BCUT2D eigenvalue weighted by molar-refractivity contribution is 0.0616. The lowest BCUT2D eigenvalue weighted by Crippen LogP contribution is -2.67. The molecule has 0 amide bonds. The van der Waals surface area contributed by atoms with Crippen LogP contribution in [0.5, 0.6) is 0 Å². The Morgan fingerprint density at radius 3 is 2.50 bits per heavy atom. The van der Waals surface area contributed by atoms with Crippen LogP contribution in [0.2, 0.25) is 0 Å². The summed E-state index contributed by atoms with van der Waals surface area (Å²) in [6.45, 7) is 10.3. The Balaban J connectivity index is 2.04. The van der Waals surface area contributed by atoms with Crippen LogP contribution < -0.4 is 5.73 Å². The third kappa shape index (κ3) is 3.58. The molecule has 0 aromatic rings. The minimum atomic E-state index is 0.159. The first kappa shape index (κ1) is 12.0. The van der Waals surface area contributed by atoms with Crippen molar-refractivity contribution in [3.05, 3.63) is 0 Å². The Hall–Kier alpha value is -0.0800. The van der Waals surface area contributed by atoms with Gasteiger partial charge in [-0.05, 0) is 31.7 Å². The molecule has 1 saturated heterocycles. The average molecular weight is 198 g/mol. The van der Waals surface area contributed by atoms with Gasteiger partial charge in [0, 0.05) is 18.6 Å². The lowest BCUT2D eigenvalue weighted by Gasteiger charge is -2.48. The maximum atomic E-state index is 6.19. The Kier molecular flexibility index (Phi) is 4.39. The van der Waals surface area contributed by atoms with E-state index in [9.17, 15) is 0 Å². The molecule has 0 aromatic heterocycles. The number of rotatable bonds is 6. The van der Waals surface area contributed by atoms with Gasteiger partial charge in [-0.2, -0.15) is 0 Å². The lowest BCUT2D eigenvalue weighted by atomic mass is 9.86. The predicted octanol–water partition coefficient (Wildman–Crippen LogP) is 2.24. The van der Waals surface area contributed by atoms with E-state index in [1.165, 1.54) is 32.2 Å². The fourth-order valence-corrected chi connectivity index (χ4v) is 2.38. The molecule has 2 nitrogen and oxygen atoms in total. The molecule has 0 radical (unpaired) electrons. The summed E-state index contributed by atoms with van der Waals surface area (Å²) in [4.78, 5) is 2.50. The maximum absolute atomic E-state index is 6.19. The van der Waals surface area contributed by atoms with E-state index in [-0.39, 0.29) is 5.54 Å². The standard InChI is InChI=1S/C12H26N2/c1-4-7-12(13)9-14(10-12)8-5-6-11(2)3/h11H,4-10,13H2,1-3H3. The molecule has 1 aliphatic rings. The van der Waals surface area contributed by atoms with Crippen LogP contribution in [0.3, 0.4) is 0 Å². The number of likely N-dealkylation sites (tertiary alicyclic amines) is 1. The average Bonchev–Trinajstić information content (AvgIpc) is 2.01. The highest BCUT2D eigenvalue weighted by Gasteiger charge is 2.37. The zero-order valence-corrected chi connectivity index (χ0v) is 10.1. The van der Waals surface area contributed by atoms with Gasteiger partial charge in [0.2, 0.25) is 0 Å². The first-order valence-corrected chi connectivity index (χ1v) is 6.07. The van der Waals surface area contributed by atoms with Crippen molar-refractivity contribution in [3.8, 4) is 0 Å². The molecule has 1 aliphatic heterocycles. The van der Waals surface area contributed by atoms with Crippen LogP contribution >= 0.6 is 0 Å². The molecular weight excluding hydrogens is 172 g/mol. The molecule has 0 unspecified atom stereocenters. The minimum absolute atomic E-state index is 0.159. The van der Waals surface area contributed by atoms with E-state index in [1.807, 2.05) is 0 Å². The van der Waals surface area contributed by atoms with Crippen molar-refractivity contribution in [3.63, 3.8) is 0 Å². The van der Waals surface area contributed by atoms with Gasteiger partial charge in [-0.25, -0.2) is 0 Å². The monoisotopic (exact) mass is 198 g/mol. The third-order valence-corrected chi connectivity index (χ3v) is 3.08. The Bertz CT molecular complexity index is 160. The van der Waals surface area contributed by atoms with Crippen molar-refractivity contribution in [1.29, 1.82) is 0 Å². The second-order valence-electron chi connectivity index (χ2n) is 5.36. The molecule has 0 atom stereocenters. The summed E-state index contributed by atoms with van der Waals surface area (Å²) in [5.41, 5.74) is 6.35. The molecule has 1 heterocycles. The summed E-state index contributed by atoms with van der Waals surface area (Å²) < 4.78 is 0. The summed E-state index contributed by atoms with van der Waals surface area (Å²) in [5, 5.41) is 0. The van der Waals surface area contributed by atoms with E-state index in [4.69, 9.17) is 5.73 Å². The molecule has 2 N–H and O–H groups in total. The summed E-state index contributed by atoms with van der Waals surface area (Å²) in [5.74, 6) is 0.842. The van der Waals surface area contributed by atoms with Crippen molar-refractivity contribution in [1.82, 2.24) is 4.90 Å². The van der Waals surface area contributed by atoms with Crippen molar-refractivity contribution in [2.45, 2.75) is 52.0 Å². The maximum Gasteiger partial charge on any atom is 0.0412 e. The first-order valence-electron chi connectivity index (χ1n) is 6.07. The van der Waals surface area contributed by atoms with Crippen LogP contribution in [-0.4, -0.2) is 30.1 Å². The molecule has 1 fully saturated rings. The van der Waals surface area contributed by atoms with E-state index in [0.29, 0.717) is 0 Å². The smallest absolute Gasteiger partial charge is 0.0412 e. The predicted molar refractivity (Wildman–Crippen MR) is 62.3 cm³/mol. The van der Waals surface area contributed by atoms with Gasteiger partial charge >= 0.3 is 0 Å². The van der Waals surface area contributed by atoms with Crippen LogP contribution in [0.15, 0.2) is 0 Å². The quantitative estimate of drug-likeness (QED) is 0.709. The largest absolute Gasteiger partial charge is 0.323 e. The van der Waals surface area contributed by atoms with Crippen LogP contribution in [-0.2, 0) is 0 Å². The summed E-state index contributed by atoms with van der Waals surface area (Å²) >= 11 is 0. The van der Waals surface area contributed by atoms with Gasteiger partial charge in [0.05, 0.1) is 0 Å². The highest BCUT2D eigenvalue weighted by Crippen LogP contribution is 2.23. The second-order valence-corrected chi connectivity index (χ2v) is 5.36. The van der Waals surface area contributed by atoms with Gasteiger partial charge in [-0.15, -0.1) is 0 Å². The van der Waals surface area contributed by atoms with Crippen molar-refractivity contribution in [2.75, 3.05) is 19.6 Å². The number of nitrogens with zero attached hydrogens (tertiary/aromatic N) is 1. The number of hydrogen-bond donors (Lipinski definition) is 1. The fraction of sp³-hybridized carbons (Fsp3) is 1.00. The van der Waals surface area contributed by atoms with Crippen LogP contribution in [0.25, 0.3) is 0 Å². The van der Waals surface area contributed by atoms with E-state index < -0.39 is 0 Å². The van der Waals surface area contributed by atoms with Crippen LogP contribution in [0, 0.1) is 5.92 Å². The van der Waals surface area contributed by atoms with E-state index in [2.05, 4.69) is 25.7 Å². The third-order valence-electron chi connectivity index (χ3n) is 3.08. The molecule has 84 valence electrons. The Labute approximate surface area is 88.8 Å². The first-order chi connectivity index (χ1) is 6.56. The van der Waals surface area contributed by atoms with Gasteiger partial charge in [-0.3, -0.25) is 4.90 Å². The van der Waals surface area contributed by atoms with Gasteiger partial charge in [0.1, 0.15) is 0 Å². The van der Waals surface area contributed by atoms with Crippen molar-refractivity contribution in [2.24, 2.45) is 11.7 Å². The van der Waals surface area contributed by atoms with Gasteiger partial charge in [0.15, 0.2) is 0 Å². The van der Waals surface area contributed by atoms with Crippen LogP contribution in [0.4, 0.5) is 0 Å². The molecule has 0 spiro atoms. The molecule has 0 bridgehead atoms. The molecule has 0 aromatic carbocycles. The summed E-state index contributed by atoms with van der Waals surface area (Å²) in [6, 6.07) is 0. The zero-order chi connectivity index (χ0) is 10.6. The number of nitrogens with two attached hydrogens (primary N) is 1. The van der Waals surface area contributed by atoms with Gasteiger partial charge < -0.3 is 5.73 Å². The molecular formula is C12H26N2. The zero-order valence-electron chi connectivity index (χ0n) is 10.1. The van der Waals surface area contributed by atoms with E-state index >= 15 is 0 Å². The second kappa shape index (κ2) is 5.13. The molecule has 0 saturated carbocycles. The summed E-state index contributed by atoms with van der Waals surface area (Å²) in [7, 11) is 0. The van der Waals surface area contributed by atoms with E-state index in [0.717, 1.165) is 19.0 Å². The molecule has 0 aliphatic carbocycles. The van der Waals surface area contributed by atoms with Crippen LogP contribution in [0.1, 0.15) is 46.5 Å². The fourth-order valence-electron chi connectivity index (χ4n) is 2.38. The molecule has 1 rings (SSSR count). The van der Waals surface area contributed by atoms with Gasteiger partial charge in [-0.1, -0.05) is 27.2 Å². The number of hydrogen-bond acceptors (Lipinski definition) is 2. The SMILES string of the molecule is CCCC1(N)CN(CCCC(C)C)C1. The molecule has 2 heteroatoms. The minimum Gasteiger partial charge on any atom is -0.323 e. The topological polar surface area (TPSA) is 29.3 Å². The van der Waals surface area contributed by atoms with Crippen molar-refractivity contribution >= 4 is 0 Å². The Morgan fingerprint density at radius 1 is 1.36 bits per heavy atom.